The average Bonchev–Trinajstić information content (AvgIpc) is 3.33. The molecule has 0 saturated heterocycles. The maximum absolute atomic E-state index is 12.8. The van der Waals surface area contributed by atoms with Gasteiger partial charge in [0.15, 0.2) is 6.10 Å². The van der Waals surface area contributed by atoms with E-state index >= 15 is 0 Å². The minimum absolute atomic E-state index is 0.0911. The second-order valence-electron chi connectivity index (χ2n) is 18.5. The van der Waals surface area contributed by atoms with Crippen LogP contribution in [0.4, 0.5) is 0 Å². The first-order chi connectivity index (χ1) is 33.0. The van der Waals surface area contributed by atoms with Gasteiger partial charge in [-0.1, -0.05) is 228 Å². The minimum Gasteiger partial charge on any atom is -0.462 e. The number of hydrogen-bond acceptors (Lipinski definition) is 6. The number of ether oxygens (including phenoxy) is 3. The van der Waals surface area contributed by atoms with Crippen molar-refractivity contribution in [2.45, 2.75) is 271 Å². The molecular weight excluding hydrogens is 829 g/mol. The topological polar surface area (TPSA) is 78.9 Å². The Morgan fingerprint density at radius 2 is 0.642 bits per heavy atom. The van der Waals surface area contributed by atoms with Crippen LogP contribution in [0.5, 0.6) is 0 Å². The Morgan fingerprint density at radius 3 is 1.06 bits per heavy atom. The standard InChI is InChI=1S/C61H104O6/c1-4-7-10-13-16-19-22-25-28-30-31-34-36-39-42-45-48-51-54-60(63)66-57-58(56-65-59(62)53-50-47-44-41-38-35-32-27-24-21-18-15-12-9-6-3)67-61(64)55-52-49-46-43-40-37-33-29-26-23-20-17-14-11-8-5-2/h8,11,17,20-22,24-26,28-31,34,58H,4-7,9-10,12-16,18-19,23,27,32-33,35-57H2,1-3H3/b11-8-,20-17-,24-21-,25-22-,29-26-,30-28-,34-31-. The van der Waals surface area contributed by atoms with Crippen LogP contribution in [0.2, 0.25) is 0 Å². The lowest BCUT2D eigenvalue weighted by atomic mass is 10.1. The van der Waals surface area contributed by atoms with Crippen LogP contribution >= 0.6 is 0 Å². The largest absolute Gasteiger partial charge is 0.462 e. The van der Waals surface area contributed by atoms with Gasteiger partial charge in [-0.15, -0.1) is 0 Å². The SMILES string of the molecule is CC/C=C\C/C=C\C/C=C\CCCCCCCCC(=O)OC(COC(=O)CCCCCCC\C=C/C=C\C=C/CCCCCCC)COC(=O)CCCCCCCCC/C=C\CCCCCC. The van der Waals surface area contributed by atoms with Crippen LogP contribution in [-0.2, 0) is 28.6 Å². The molecule has 0 aromatic rings. The quantitative estimate of drug-likeness (QED) is 0.0199. The molecule has 0 radical (unpaired) electrons. The molecule has 0 aromatic heterocycles. The number of unbranched alkanes of at least 4 members (excludes halogenated alkanes) is 27. The average molecular weight is 933 g/mol. The first-order valence-electron chi connectivity index (χ1n) is 28.1. The predicted octanol–water partition coefficient (Wildman–Crippen LogP) is 18.8. The van der Waals surface area contributed by atoms with E-state index in [0.717, 1.165) is 116 Å². The molecule has 0 amide bonds. The number of allylic oxidation sites excluding steroid dienone is 14. The third kappa shape index (κ3) is 53.4. The fourth-order valence-corrected chi connectivity index (χ4v) is 7.69. The zero-order valence-electron chi connectivity index (χ0n) is 43.9. The molecule has 1 atom stereocenters. The summed E-state index contributed by atoms with van der Waals surface area (Å²) in [6.07, 6.45) is 71.3. The summed E-state index contributed by atoms with van der Waals surface area (Å²) in [5, 5.41) is 0. The van der Waals surface area contributed by atoms with Gasteiger partial charge in [0.05, 0.1) is 0 Å². The third-order valence-electron chi connectivity index (χ3n) is 11.9. The van der Waals surface area contributed by atoms with Crippen molar-refractivity contribution in [1.29, 1.82) is 0 Å². The fraction of sp³-hybridized carbons (Fsp3) is 0.721. The first-order valence-corrected chi connectivity index (χ1v) is 28.1. The Balaban J connectivity index is 4.45. The molecule has 0 spiro atoms. The van der Waals surface area contributed by atoms with E-state index in [1.54, 1.807) is 0 Å². The fourth-order valence-electron chi connectivity index (χ4n) is 7.69. The van der Waals surface area contributed by atoms with Crippen molar-refractivity contribution in [2.24, 2.45) is 0 Å². The lowest BCUT2D eigenvalue weighted by Gasteiger charge is -2.18. The molecule has 1 unspecified atom stereocenters. The monoisotopic (exact) mass is 933 g/mol. The molecule has 0 aliphatic carbocycles. The molecule has 67 heavy (non-hydrogen) atoms. The maximum atomic E-state index is 12.8. The summed E-state index contributed by atoms with van der Waals surface area (Å²) in [7, 11) is 0. The van der Waals surface area contributed by atoms with Gasteiger partial charge in [0.2, 0.25) is 0 Å². The van der Waals surface area contributed by atoms with E-state index in [-0.39, 0.29) is 31.1 Å². The first kappa shape index (κ1) is 63.6. The summed E-state index contributed by atoms with van der Waals surface area (Å²) in [5.41, 5.74) is 0. The maximum Gasteiger partial charge on any atom is 0.306 e. The van der Waals surface area contributed by atoms with Gasteiger partial charge < -0.3 is 14.2 Å². The number of carbonyl (C=O) groups is 3. The lowest BCUT2D eigenvalue weighted by molar-refractivity contribution is -0.167. The van der Waals surface area contributed by atoms with E-state index < -0.39 is 6.10 Å². The van der Waals surface area contributed by atoms with Crippen LogP contribution in [0.25, 0.3) is 0 Å². The summed E-state index contributed by atoms with van der Waals surface area (Å²) in [6, 6.07) is 0. The molecule has 0 fully saturated rings. The van der Waals surface area contributed by atoms with Gasteiger partial charge >= 0.3 is 17.9 Å². The van der Waals surface area contributed by atoms with E-state index in [1.807, 2.05) is 0 Å². The molecule has 0 bridgehead atoms. The molecule has 6 heteroatoms. The van der Waals surface area contributed by atoms with Gasteiger partial charge in [0, 0.05) is 19.3 Å². The summed E-state index contributed by atoms with van der Waals surface area (Å²) in [5.74, 6) is -0.924. The van der Waals surface area contributed by atoms with Crippen molar-refractivity contribution in [3.8, 4) is 0 Å². The second-order valence-corrected chi connectivity index (χ2v) is 18.5. The van der Waals surface area contributed by atoms with E-state index in [0.29, 0.717) is 19.3 Å². The molecule has 0 aliphatic rings. The van der Waals surface area contributed by atoms with Gasteiger partial charge in [0.1, 0.15) is 13.2 Å². The highest BCUT2D eigenvalue weighted by atomic mass is 16.6. The Hall–Kier alpha value is -3.41. The van der Waals surface area contributed by atoms with E-state index in [1.165, 1.54) is 109 Å². The molecule has 0 aliphatic heterocycles. The van der Waals surface area contributed by atoms with Crippen LogP contribution in [0, 0.1) is 0 Å². The normalized spacial score (nSPS) is 12.7. The van der Waals surface area contributed by atoms with Crippen molar-refractivity contribution in [3.63, 3.8) is 0 Å². The van der Waals surface area contributed by atoms with Crippen molar-refractivity contribution >= 4 is 17.9 Å². The molecule has 0 saturated carbocycles. The zero-order chi connectivity index (χ0) is 48.6. The molecule has 384 valence electrons. The molecular formula is C61H104O6. The number of hydrogen-bond donors (Lipinski definition) is 0. The van der Waals surface area contributed by atoms with Gasteiger partial charge in [-0.3, -0.25) is 14.4 Å². The highest BCUT2D eigenvalue weighted by Gasteiger charge is 2.19. The summed E-state index contributed by atoms with van der Waals surface area (Å²) >= 11 is 0. The number of carbonyl (C=O) groups excluding carboxylic acids is 3. The molecule has 0 rings (SSSR count). The van der Waals surface area contributed by atoms with Gasteiger partial charge in [0.25, 0.3) is 0 Å². The predicted molar refractivity (Wildman–Crippen MR) is 288 cm³/mol. The van der Waals surface area contributed by atoms with Crippen LogP contribution < -0.4 is 0 Å². The number of esters is 3. The Labute approximate surface area is 414 Å². The minimum atomic E-state index is -0.794. The highest BCUT2D eigenvalue weighted by Crippen LogP contribution is 2.14. The Kier molecular flexibility index (Phi) is 52.4. The molecule has 0 heterocycles. The molecule has 6 nitrogen and oxygen atoms in total. The summed E-state index contributed by atoms with van der Waals surface area (Å²) < 4.78 is 16.8. The molecule has 0 aromatic carbocycles. The van der Waals surface area contributed by atoms with Crippen LogP contribution in [0.15, 0.2) is 85.1 Å². The Bertz CT molecular complexity index is 1300. The lowest BCUT2D eigenvalue weighted by Crippen LogP contribution is -2.30. The number of rotatable bonds is 50. The molecule has 0 N–H and O–H groups in total. The van der Waals surface area contributed by atoms with Gasteiger partial charge in [-0.05, 0) is 103 Å². The van der Waals surface area contributed by atoms with Crippen molar-refractivity contribution in [2.75, 3.05) is 13.2 Å². The summed E-state index contributed by atoms with van der Waals surface area (Å²) in [6.45, 7) is 6.48. The van der Waals surface area contributed by atoms with E-state index in [2.05, 4.69) is 106 Å². The van der Waals surface area contributed by atoms with Crippen LogP contribution in [-0.4, -0.2) is 37.2 Å². The van der Waals surface area contributed by atoms with Crippen LogP contribution in [0.1, 0.15) is 265 Å². The Morgan fingerprint density at radius 1 is 0.328 bits per heavy atom. The van der Waals surface area contributed by atoms with Crippen molar-refractivity contribution in [1.82, 2.24) is 0 Å². The second kappa shape index (κ2) is 55.2. The van der Waals surface area contributed by atoms with Gasteiger partial charge in [-0.25, -0.2) is 0 Å². The third-order valence-corrected chi connectivity index (χ3v) is 11.9. The van der Waals surface area contributed by atoms with Crippen molar-refractivity contribution < 1.29 is 28.6 Å². The van der Waals surface area contributed by atoms with E-state index in [9.17, 15) is 14.4 Å². The highest BCUT2D eigenvalue weighted by molar-refractivity contribution is 5.71. The van der Waals surface area contributed by atoms with E-state index in [4.69, 9.17) is 14.2 Å². The van der Waals surface area contributed by atoms with Crippen LogP contribution in [0.3, 0.4) is 0 Å². The van der Waals surface area contributed by atoms with Crippen molar-refractivity contribution in [3.05, 3.63) is 85.1 Å². The van der Waals surface area contributed by atoms with Gasteiger partial charge in [-0.2, -0.15) is 0 Å². The zero-order valence-corrected chi connectivity index (χ0v) is 43.9. The summed E-state index contributed by atoms with van der Waals surface area (Å²) in [4.78, 5) is 38.1. The smallest absolute Gasteiger partial charge is 0.306 e.